The van der Waals surface area contributed by atoms with Crippen LogP contribution in [0.1, 0.15) is 18.4 Å². The maximum absolute atomic E-state index is 13.3. The smallest absolute Gasteiger partial charge is 0.191 e. The van der Waals surface area contributed by atoms with Crippen LogP contribution in [-0.2, 0) is 11.2 Å². The molecule has 2 atom stereocenters. The van der Waals surface area contributed by atoms with Crippen molar-refractivity contribution in [1.82, 2.24) is 20.5 Å². The van der Waals surface area contributed by atoms with Gasteiger partial charge in [-0.1, -0.05) is 0 Å². The molecule has 0 amide bonds. The maximum atomic E-state index is 13.3. The molecule has 4 rings (SSSR count). The van der Waals surface area contributed by atoms with E-state index in [0.717, 1.165) is 49.5 Å². The number of nitrogens with one attached hydrogen (secondary N) is 3. The van der Waals surface area contributed by atoms with E-state index < -0.39 is 0 Å². The lowest BCUT2D eigenvalue weighted by Crippen LogP contribution is -2.51. The van der Waals surface area contributed by atoms with Crippen molar-refractivity contribution in [1.29, 1.82) is 0 Å². The molecule has 2 aliphatic rings. The van der Waals surface area contributed by atoms with Gasteiger partial charge in [-0.05, 0) is 49.6 Å². The SMILES string of the molecule is CN=C(NCCc1c[nH]c2cc(F)ccc12)NCC1CN2CCCC2CO1.I. The Labute approximate surface area is 182 Å². The van der Waals surface area contributed by atoms with E-state index in [0.29, 0.717) is 6.04 Å². The summed E-state index contributed by atoms with van der Waals surface area (Å²) in [6.45, 7) is 4.56. The Hall–Kier alpha value is -1.39. The van der Waals surface area contributed by atoms with Crippen molar-refractivity contribution in [2.75, 3.05) is 39.8 Å². The van der Waals surface area contributed by atoms with Crippen molar-refractivity contribution < 1.29 is 9.13 Å². The number of hydrogen-bond donors (Lipinski definition) is 3. The molecule has 1 aromatic carbocycles. The van der Waals surface area contributed by atoms with E-state index in [1.54, 1.807) is 7.05 Å². The zero-order valence-electron chi connectivity index (χ0n) is 16.2. The predicted octanol–water partition coefficient (Wildman–Crippen LogP) is 2.50. The van der Waals surface area contributed by atoms with Gasteiger partial charge in [-0.2, -0.15) is 0 Å². The van der Waals surface area contributed by atoms with Crippen molar-refractivity contribution in [3.63, 3.8) is 0 Å². The molecule has 0 radical (unpaired) electrons. The lowest BCUT2D eigenvalue weighted by atomic mass is 10.1. The fourth-order valence-corrected chi connectivity index (χ4v) is 4.12. The lowest BCUT2D eigenvalue weighted by Gasteiger charge is -2.35. The quantitative estimate of drug-likeness (QED) is 0.335. The summed E-state index contributed by atoms with van der Waals surface area (Å²) in [5, 5.41) is 7.79. The van der Waals surface area contributed by atoms with E-state index in [4.69, 9.17) is 4.74 Å². The molecule has 28 heavy (non-hydrogen) atoms. The van der Waals surface area contributed by atoms with Crippen molar-refractivity contribution in [3.8, 4) is 0 Å². The second-order valence-corrected chi connectivity index (χ2v) is 7.38. The highest BCUT2D eigenvalue weighted by molar-refractivity contribution is 14.0. The van der Waals surface area contributed by atoms with Crippen LogP contribution in [-0.4, -0.2) is 67.8 Å². The fraction of sp³-hybridized carbons (Fsp3) is 0.550. The van der Waals surface area contributed by atoms with Crippen LogP contribution in [0.3, 0.4) is 0 Å². The number of H-pyrrole nitrogens is 1. The minimum absolute atomic E-state index is 0. The Balaban J connectivity index is 0.00000225. The minimum atomic E-state index is -0.219. The van der Waals surface area contributed by atoms with E-state index in [9.17, 15) is 4.39 Å². The van der Waals surface area contributed by atoms with E-state index >= 15 is 0 Å². The number of halogens is 2. The molecule has 3 N–H and O–H groups in total. The van der Waals surface area contributed by atoms with E-state index in [2.05, 4.69) is 25.5 Å². The number of nitrogens with zero attached hydrogens (tertiary/aromatic N) is 2. The van der Waals surface area contributed by atoms with Crippen molar-refractivity contribution in [2.45, 2.75) is 31.4 Å². The Morgan fingerprint density at radius 1 is 1.39 bits per heavy atom. The summed E-state index contributed by atoms with van der Waals surface area (Å²) >= 11 is 0. The first-order chi connectivity index (χ1) is 13.2. The van der Waals surface area contributed by atoms with Crippen LogP contribution in [0.25, 0.3) is 10.9 Å². The number of hydrogen-bond acceptors (Lipinski definition) is 3. The predicted molar refractivity (Wildman–Crippen MR) is 121 cm³/mol. The number of aromatic nitrogens is 1. The van der Waals surface area contributed by atoms with Gasteiger partial charge >= 0.3 is 0 Å². The number of ether oxygens (including phenoxy) is 1. The Bertz CT molecular complexity index is 811. The molecular weight excluding hydrogens is 472 g/mol. The third-order valence-corrected chi connectivity index (χ3v) is 5.60. The molecule has 0 saturated carbocycles. The van der Waals surface area contributed by atoms with Crippen LogP contribution < -0.4 is 10.6 Å². The zero-order valence-corrected chi connectivity index (χ0v) is 18.5. The van der Waals surface area contributed by atoms with Crippen LogP contribution in [0.4, 0.5) is 4.39 Å². The molecule has 2 aromatic rings. The number of fused-ring (bicyclic) bond motifs is 2. The van der Waals surface area contributed by atoms with Gasteiger partial charge in [-0.15, -0.1) is 24.0 Å². The Morgan fingerprint density at radius 3 is 3.14 bits per heavy atom. The van der Waals surface area contributed by atoms with Crippen molar-refractivity contribution in [2.24, 2.45) is 4.99 Å². The normalized spacial score (nSPS) is 22.7. The number of guanidine groups is 1. The highest BCUT2D eigenvalue weighted by Gasteiger charge is 2.32. The molecule has 3 heterocycles. The topological polar surface area (TPSA) is 64.7 Å². The molecule has 1 aromatic heterocycles. The van der Waals surface area contributed by atoms with Gasteiger partial charge in [0.2, 0.25) is 0 Å². The second-order valence-electron chi connectivity index (χ2n) is 7.38. The average molecular weight is 501 g/mol. The van der Waals surface area contributed by atoms with Crippen molar-refractivity contribution in [3.05, 3.63) is 35.8 Å². The summed E-state index contributed by atoms with van der Waals surface area (Å²) in [6, 6.07) is 5.49. The monoisotopic (exact) mass is 501 g/mol. The average Bonchev–Trinajstić information content (AvgIpc) is 3.30. The standard InChI is InChI=1S/C20H28FN5O.HI/c1-22-20(25-11-17-12-26-8-2-3-16(26)13-27-17)23-7-6-14-10-24-19-9-15(21)4-5-18(14)19;/h4-5,9-10,16-17,24H,2-3,6-8,11-13H2,1H3,(H2,22,23,25);1H. The van der Waals surface area contributed by atoms with Gasteiger partial charge in [0.15, 0.2) is 5.96 Å². The van der Waals surface area contributed by atoms with Crippen LogP contribution in [0, 0.1) is 5.82 Å². The third-order valence-electron chi connectivity index (χ3n) is 5.60. The van der Waals surface area contributed by atoms with E-state index in [1.165, 1.54) is 37.1 Å². The van der Waals surface area contributed by atoms with E-state index in [1.807, 2.05) is 12.3 Å². The molecule has 154 valence electrons. The van der Waals surface area contributed by atoms with Crippen LogP contribution >= 0.6 is 24.0 Å². The summed E-state index contributed by atoms with van der Waals surface area (Å²) in [5.41, 5.74) is 2.01. The molecule has 0 spiro atoms. The molecule has 6 nitrogen and oxygen atoms in total. The largest absolute Gasteiger partial charge is 0.373 e. The molecule has 2 unspecified atom stereocenters. The number of aromatic amines is 1. The summed E-state index contributed by atoms with van der Waals surface area (Å²) in [4.78, 5) is 9.98. The lowest BCUT2D eigenvalue weighted by molar-refractivity contribution is -0.0453. The molecule has 0 aliphatic carbocycles. The van der Waals surface area contributed by atoms with Gasteiger partial charge in [0.05, 0.1) is 12.7 Å². The third kappa shape index (κ3) is 4.96. The van der Waals surface area contributed by atoms with Crippen LogP contribution in [0.2, 0.25) is 0 Å². The highest BCUT2D eigenvalue weighted by atomic mass is 127. The van der Waals surface area contributed by atoms with Gasteiger partial charge in [-0.25, -0.2) is 4.39 Å². The number of benzene rings is 1. The second kappa shape index (κ2) is 9.89. The number of rotatable bonds is 5. The molecule has 2 fully saturated rings. The van der Waals surface area contributed by atoms with Gasteiger partial charge in [-0.3, -0.25) is 9.89 Å². The fourth-order valence-electron chi connectivity index (χ4n) is 4.12. The first-order valence-electron chi connectivity index (χ1n) is 9.78. The molecule has 2 aliphatic heterocycles. The molecule has 2 saturated heterocycles. The van der Waals surface area contributed by atoms with Gasteiger partial charge in [0.1, 0.15) is 5.82 Å². The zero-order chi connectivity index (χ0) is 18.6. The van der Waals surface area contributed by atoms with E-state index in [-0.39, 0.29) is 35.9 Å². The van der Waals surface area contributed by atoms with Crippen LogP contribution in [0.5, 0.6) is 0 Å². The summed E-state index contributed by atoms with van der Waals surface area (Å²) in [6.07, 6.45) is 5.55. The number of aliphatic imine (C=N–C) groups is 1. The first-order valence-corrected chi connectivity index (χ1v) is 9.78. The van der Waals surface area contributed by atoms with Crippen molar-refractivity contribution >= 4 is 40.8 Å². The summed E-state index contributed by atoms with van der Waals surface area (Å²) in [7, 11) is 1.78. The summed E-state index contributed by atoms with van der Waals surface area (Å²) < 4.78 is 19.3. The highest BCUT2D eigenvalue weighted by Crippen LogP contribution is 2.22. The molecule has 0 bridgehead atoms. The minimum Gasteiger partial charge on any atom is -0.373 e. The maximum Gasteiger partial charge on any atom is 0.191 e. The van der Waals surface area contributed by atoms with Gasteiger partial charge in [0, 0.05) is 49.8 Å². The van der Waals surface area contributed by atoms with Gasteiger partial charge in [0.25, 0.3) is 0 Å². The number of morpholine rings is 1. The first kappa shape index (κ1) is 21.3. The van der Waals surface area contributed by atoms with Gasteiger partial charge < -0.3 is 20.4 Å². The Morgan fingerprint density at radius 2 is 2.29 bits per heavy atom. The van der Waals surface area contributed by atoms with Crippen LogP contribution in [0.15, 0.2) is 29.4 Å². The molecular formula is C20H29FIN5O. The summed E-state index contributed by atoms with van der Waals surface area (Å²) in [5.74, 6) is 0.567. The molecule has 8 heteroatoms. The Kier molecular flexibility index (Phi) is 7.53.